The number of phenols is 1. The van der Waals surface area contributed by atoms with Crippen molar-refractivity contribution in [3.8, 4) is 11.5 Å². The van der Waals surface area contributed by atoms with E-state index < -0.39 is 0 Å². The summed E-state index contributed by atoms with van der Waals surface area (Å²) in [6.45, 7) is 8.43. The van der Waals surface area contributed by atoms with Crippen molar-refractivity contribution in [2.75, 3.05) is 40.8 Å². The molecular formula is C16H28N2O2. The molecule has 0 atom stereocenters. The lowest BCUT2D eigenvalue weighted by Crippen LogP contribution is -2.33. The molecule has 0 aliphatic carbocycles. The molecule has 0 unspecified atom stereocenters. The molecule has 1 N–H and O–H groups in total. The maximum atomic E-state index is 9.85. The van der Waals surface area contributed by atoms with Gasteiger partial charge < -0.3 is 14.7 Å². The normalized spacial score (nSPS) is 11.6. The van der Waals surface area contributed by atoms with Gasteiger partial charge in [0.05, 0.1) is 7.11 Å². The predicted molar refractivity (Wildman–Crippen MR) is 83.3 cm³/mol. The smallest absolute Gasteiger partial charge is 0.160 e. The van der Waals surface area contributed by atoms with E-state index in [1.165, 1.54) is 0 Å². The summed E-state index contributed by atoms with van der Waals surface area (Å²) in [5.41, 5.74) is 1.11. The Morgan fingerprint density at radius 2 is 1.90 bits per heavy atom. The van der Waals surface area contributed by atoms with Crippen molar-refractivity contribution in [1.29, 1.82) is 0 Å². The van der Waals surface area contributed by atoms with Crippen molar-refractivity contribution in [3.05, 3.63) is 23.8 Å². The molecular weight excluding hydrogens is 252 g/mol. The summed E-state index contributed by atoms with van der Waals surface area (Å²) in [6.07, 6.45) is 0. The number of aromatic hydroxyl groups is 1. The Morgan fingerprint density at radius 3 is 2.40 bits per heavy atom. The van der Waals surface area contributed by atoms with Crippen LogP contribution >= 0.6 is 0 Å². The predicted octanol–water partition coefficient (Wildman–Crippen LogP) is 2.42. The Labute approximate surface area is 123 Å². The molecule has 1 rings (SSSR count). The molecule has 114 valence electrons. The summed E-state index contributed by atoms with van der Waals surface area (Å²) < 4.78 is 5.08. The molecule has 0 spiro atoms. The van der Waals surface area contributed by atoms with E-state index in [1.54, 1.807) is 13.2 Å². The molecule has 0 heterocycles. The van der Waals surface area contributed by atoms with Crippen LogP contribution in [0.25, 0.3) is 0 Å². The highest BCUT2D eigenvalue weighted by atomic mass is 16.5. The van der Waals surface area contributed by atoms with Crippen LogP contribution < -0.4 is 4.74 Å². The summed E-state index contributed by atoms with van der Waals surface area (Å²) in [6, 6.07) is 5.63. The lowest BCUT2D eigenvalue weighted by molar-refractivity contribution is 0.211. The minimum atomic E-state index is 0.210. The first-order valence-electron chi connectivity index (χ1n) is 7.15. The first kappa shape index (κ1) is 16.8. The monoisotopic (exact) mass is 280 g/mol. The zero-order chi connectivity index (χ0) is 15.1. The number of likely N-dealkylation sites (N-methyl/N-ethyl adjacent to an activating group) is 1. The molecule has 1 aromatic rings. The first-order valence-corrected chi connectivity index (χ1v) is 7.15. The van der Waals surface area contributed by atoms with Crippen molar-refractivity contribution in [2.45, 2.75) is 20.4 Å². The van der Waals surface area contributed by atoms with Gasteiger partial charge in [-0.2, -0.15) is 0 Å². The van der Waals surface area contributed by atoms with Gasteiger partial charge in [-0.05, 0) is 37.7 Å². The quantitative estimate of drug-likeness (QED) is 0.793. The molecule has 0 saturated heterocycles. The van der Waals surface area contributed by atoms with E-state index in [0.717, 1.165) is 31.7 Å². The van der Waals surface area contributed by atoms with Crippen molar-refractivity contribution in [3.63, 3.8) is 0 Å². The second-order valence-corrected chi connectivity index (χ2v) is 5.94. The number of benzene rings is 1. The third-order valence-corrected chi connectivity index (χ3v) is 3.14. The van der Waals surface area contributed by atoms with Gasteiger partial charge in [0, 0.05) is 26.2 Å². The number of methoxy groups -OCH3 is 1. The van der Waals surface area contributed by atoms with Crippen molar-refractivity contribution < 1.29 is 9.84 Å². The molecule has 4 heteroatoms. The standard InChI is InChI=1S/C16H28N2O2/c1-13(2)11-18(9-8-17(3)4)12-14-6-7-16(20-5)15(19)10-14/h6-7,10,13,19H,8-9,11-12H2,1-5H3. The second-order valence-electron chi connectivity index (χ2n) is 5.94. The van der Waals surface area contributed by atoms with Gasteiger partial charge in [-0.15, -0.1) is 0 Å². The topological polar surface area (TPSA) is 35.9 Å². The fraction of sp³-hybridized carbons (Fsp3) is 0.625. The van der Waals surface area contributed by atoms with Crippen LogP contribution in [0.3, 0.4) is 0 Å². The fourth-order valence-corrected chi connectivity index (χ4v) is 2.18. The molecule has 4 nitrogen and oxygen atoms in total. The average Bonchev–Trinajstić information content (AvgIpc) is 2.35. The van der Waals surface area contributed by atoms with E-state index in [2.05, 4.69) is 37.7 Å². The summed E-state index contributed by atoms with van der Waals surface area (Å²) in [5, 5.41) is 9.85. The maximum Gasteiger partial charge on any atom is 0.160 e. The Kier molecular flexibility index (Phi) is 6.82. The van der Waals surface area contributed by atoms with Crippen LogP contribution in [-0.2, 0) is 6.54 Å². The molecule has 1 aromatic carbocycles. The van der Waals surface area contributed by atoms with Gasteiger partial charge in [0.25, 0.3) is 0 Å². The highest BCUT2D eigenvalue weighted by Gasteiger charge is 2.10. The largest absolute Gasteiger partial charge is 0.504 e. The third-order valence-electron chi connectivity index (χ3n) is 3.14. The summed E-state index contributed by atoms with van der Waals surface area (Å²) in [7, 11) is 5.75. The Balaban J connectivity index is 2.70. The zero-order valence-electron chi connectivity index (χ0n) is 13.4. The van der Waals surface area contributed by atoms with Crippen molar-refractivity contribution in [1.82, 2.24) is 9.80 Å². The molecule has 20 heavy (non-hydrogen) atoms. The lowest BCUT2D eigenvalue weighted by Gasteiger charge is -2.26. The number of hydrogen-bond acceptors (Lipinski definition) is 4. The minimum Gasteiger partial charge on any atom is -0.504 e. The first-order chi connectivity index (χ1) is 9.42. The Bertz CT molecular complexity index is 405. The third kappa shape index (κ3) is 5.80. The highest BCUT2D eigenvalue weighted by molar-refractivity contribution is 5.41. The number of rotatable bonds is 8. The highest BCUT2D eigenvalue weighted by Crippen LogP contribution is 2.26. The number of hydrogen-bond donors (Lipinski definition) is 1. The van der Waals surface area contributed by atoms with Crippen molar-refractivity contribution in [2.24, 2.45) is 5.92 Å². The molecule has 0 aromatic heterocycles. The molecule has 0 fully saturated rings. The van der Waals surface area contributed by atoms with Crippen LogP contribution in [0.4, 0.5) is 0 Å². The molecule has 0 amide bonds. The SMILES string of the molecule is COc1ccc(CN(CCN(C)C)CC(C)C)cc1O. The van der Waals surface area contributed by atoms with Crippen LogP contribution in [-0.4, -0.2) is 55.7 Å². The minimum absolute atomic E-state index is 0.210. The zero-order valence-corrected chi connectivity index (χ0v) is 13.4. The van der Waals surface area contributed by atoms with Gasteiger partial charge in [-0.1, -0.05) is 19.9 Å². The van der Waals surface area contributed by atoms with Crippen LogP contribution in [0, 0.1) is 5.92 Å². The van der Waals surface area contributed by atoms with Gasteiger partial charge in [-0.3, -0.25) is 4.90 Å². The van der Waals surface area contributed by atoms with Crippen LogP contribution in [0.2, 0.25) is 0 Å². The lowest BCUT2D eigenvalue weighted by atomic mass is 10.1. The van der Waals surface area contributed by atoms with Gasteiger partial charge in [0.15, 0.2) is 11.5 Å². The molecule has 0 saturated carbocycles. The van der Waals surface area contributed by atoms with Gasteiger partial charge in [0.1, 0.15) is 0 Å². The summed E-state index contributed by atoms with van der Waals surface area (Å²) >= 11 is 0. The number of ether oxygens (including phenoxy) is 1. The average molecular weight is 280 g/mol. The van der Waals surface area contributed by atoms with Gasteiger partial charge >= 0.3 is 0 Å². The molecule has 0 radical (unpaired) electrons. The second kappa shape index (κ2) is 8.12. The van der Waals surface area contributed by atoms with Crippen LogP contribution in [0.1, 0.15) is 19.4 Å². The summed E-state index contributed by atoms with van der Waals surface area (Å²) in [4.78, 5) is 4.62. The molecule has 0 aliphatic rings. The Morgan fingerprint density at radius 1 is 1.20 bits per heavy atom. The van der Waals surface area contributed by atoms with Crippen LogP contribution in [0.5, 0.6) is 11.5 Å². The van der Waals surface area contributed by atoms with E-state index in [0.29, 0.717) is 11.7 Å². The number of phenolic OH excluding ortho intramolecular Hbond substituents is 1. The molecule has 0 bridgehead atoms. The summed E-state index contributed by atoms with van der Waals surface area (Å²) in [5.74, 6) is 1.36. The molecule has 0 aliphatic heterocycles. The Hall–Kier alpha value is -1.26. The number of nitrogens with zero attached hydrogens (tertiary/aromatic N) is 2. The van der Waals surface area contributed by atoms with E-state index in [9.17, 15) is 5.11 Å². The van der Waals surface area contributed by atoms with Gasteiger partial charge in [0.2, 0.25) is 0 Å². The van der Waals surface area contributed by atoms with E-state index in [4.69, 9.17) is 4.74 Å². The fourth-order valence-electron chi connectivity index (χ4n) is 2.18. The van der Waals surface area contributed by atoms with E-state index in [1.807, 2.05) is 12.1 Å². The van der Waals surface area contributed by atoms with Gasteiger partial charge in [-0.25, -0.2) is 0 Å². The van der Waals surface area contributed by atoms with Crippen molar-refractivity contribution >= 4 is 0 Å². The van der Waals surface area contributed by atoms with E-state index >= 15 is 0 Å². The van der Waals surface area contributed by atoms with E-state index in [-0.39, 0.29) is 5.75 Å². The maximum absolute atomic E-state index is 9.85. The van der Waals surface area contributed by atoms with Crippen LogP contribution in [0.15, 0.2) is 18.2 Å².